The second kappa shape index (κ2) is 8.96. The average Bonchev–Trinajstić information content (AvgIpc) is 2.73. The molecule has 0 amide bonds. The van der Waals surface area contributed by atoms with Crippen LogP contribution in [0.4, 0.5) is 10.1 Å². The third kappa shape index (κ3) is 4.22. The summed E-state index contributed by atoms with van der Waals surface area (Å²) in [5, 5.41) is 11.7. The van der Waals surface area contributed by atoms with Crippen LogP contribution in [0.1, 0.15) is 44.5 Å². The van der Waals surface area contributed by atoms with Crippen LogP contribution in [0.25, 0.3) is 11.0 Å². The van der Waals surface area contributed by atoms with E-state index in [9.17, 15) is 24.1 Å². The van der Waals surface area contributed by atoms with Gasteiger partial charge in [-0.15, -0.1) is 11.8 Å². The second-order valence-electron chi connectivity index (χ2n) is 7.32. The number of hydrogen-bond acceptors (Lipinski definition) is 7. The molecule has 0 atom stereocenters. The van der Waals surface area contributed by atoms with Gasteiger partial charge in [-0.05, 0) is 12.5 Å². The van der Waals surface area contributed by atoms with E-state index < -0.39 is 22.0 Å². The van der Waals surface area contributed by atoms with E-state index in [4.69, 9.17) is 0 Å². The van der Waals surface area contributed by atoms with Crippen LogP contribution in [-0.2, 0) is 19.3 Å². The molecule has 0 N–H and O–H groups in total. The molecule has 164 valence electrons. The summed E-state index contributed by atoms with van der Waals surface area (Å²) in [6.07, 6.45) is 0.651. The molecule has 0 aliphatic carbocycles. The van der Waals surface area contributed by atoms with Gasteiger partial charge in [0, 0.05) is 31.3 Å². The zero-order valence-electron chi connectivity index (χ0n) is 17.6. The lowest BCUT2D eigenvalue weighted by Crippen LogP contribution is -2.39. The van der Waals surface area contributed by atoms with E-state index in [2.05, 4.69) is 9.97 Å². The number of nitro groups is 1. The first-order valence-corrected chi connectivity index (χ1v) is 10.7. The summed E-state index contributed by atoms with van der Waals surface area (Å²) in [6.45, 7) is 6.02. The fraction of sp³-hybridized carbons (Fsp3) is 0.400. The van der Waals surface area contributed by atoms with Gasteiger partial charge in [0.25, 0.3) is 11.2 Å². The van der Waals surface area contributed by atoms with Crippen molar-refractivity contribution in [2.45, 2.75) is 50.4 Å². The van der Waals surface area contributed by atoms with E-state index >= 15 is 0 Å². The van der Waals surface area contributed by atoms with Crippen molar-refractivity contribution in [1.82, 2.24) is 19.1 Å². The number of aromatic nitrogens is 4. The number of hydrogen-bond donors (Lipinski definition) is 0. The topological polar surface area (TPSA) is 113 Å². The fourth-order valence-corrected chi connectivity index (χ4v) is 4.19. The number of rotatable bonds is 7. The summed E-state index contributed by atoms with van der Waals surface area (Å²) in [5.74, 6) is -0.487. The van der Waals surface area contributed by atoms with Crippen LogP contribution in [0.15, 0.2) is 32.8 Å². The summed E-state index contributed by atoms with van der Waals surface area (Å²) < 4.78 is 16.8. The number of nitrogens with zero attached hydrogens (tertiary/aromatic N) is 5. The summed E-state index contributed by atoms with van der Waals surface area (Å²) in [6, 6.07) is 3.66. The number of aryl methyl sites for hydroxylation is 1. The molecule has 2 aromatic heterocycles. The molecule has 3 aromatic rings. The Morgan fingerprint density at radius 3 is 2.58 bits per heavy atom. The molecule has 0 radical (unpaired) electrons. The van der Waals surface area contributed by atoms with Crippen molar-refractivity contribution < 1.29 is 9.31 Å². The number of halogens is 1. The van der Waals surface area contributed by atoms with Gasteiger partial charge >= 0.3 is 5.69 Å². The smallest absolute Gasteiger partial charge is 0.277 e. The molecule has 0 aliphatic rings. The lowest BCUT2D eigenvalue weighted by molar-refractivity contribution is -0.385. The molecule has 0 aliphatic heterocycles. The minimum Gasteiger partial charge on any atom is -0.277 e. The SMILES string of the molecule is CCCn1c(=O)n(C)c(=O)c2c(SCc3c(F)cccc3[N+](=O)[O-])nc(C(C)C)nc21. The molecule has 1 aromatic carbocycles. The van der Waals surface area contributed by atoms with Crippen molar-refractivity contribution in [2.24, 2.45) is 7.05 Å². The van der Waals surface area contributed by atoms with Crippen molar-refractivity contribution in [3.8, 4) is 0 Å². The second-order valence-corrected chi connectivity index (χ2v) is 8.29. The van der Waals surface area contributed by atoms with E-state index in [1.165, 1.54) is 23.7 Å². The maximum atomic E-state index is 14.3. The Bertz CT molecular complexity index is 1290. The molecule has 0 bridgehead atoms. The Balaban J connectivity index is 2.25. The molecule has 9 nitrogen and oxygen atoms in total. The molecule has 0 spiro atoms. The highest BCUT2D eigenvalue weighted by molar-refractivity contribution is 7.98. The lowest BCUT2D eigenvalue weighted by atomic mass is 10.2. The summed E-state index contributed by atoms with van der Waals surface area (Å²) in [7, 11) is 1.38. The molecular formula is C20H22FN5O4S. The van der Waals surface area contributed by atoms with E-state index in [-0.39, 0.29) is 39.0 Å². The predicted octanol–water partition coefficient (Wildman–Crippen LogP) is 3.36. The van der Waals surface area contributed by atoms with Crippen LogP contribution < -0.4 is 11.2 Å². The molecular weight excluding hydrogens is 425 g/mol. The van der Waals surface area contributed by atoms with Gasteiger partial charge in [-0.3, -0.25) is 24.0 Å². The van der Waals surface area contributed by atoms with E-state index in [1.807, 2.05) is 20.8 Å². The van der Waals surface area contributed by atoms with Crippen LogP contribution in [0.2, 0.25) is 0 Å². The molecule has 0 fully saturated rings. The normalized spacial score (nSPS) is 11.4. The minimum absolute atomic E-state index is 0.0888. The molecule has 0 saturated carbocycles. The Hall–Kier alpha value is -3.08. The van der Waals surface area contributed by atoms with Crippen molar-refractivity contribution in [3.63, 3.8) is 0 Å². The highest BCUT2D eigenvalue weighted by atomic mass is 32.2. The van der Waals surface area contributed by atoms with Gasteiger partial charge in [0.05, 0.1) is 10.5 Å². The standard InChI is InChI=1S/C20H22FN5O4S/c1-5-9-25-17-15(19(27)24(4)20(25)28)18(23-16(22-17)11(2)3)31-10-12-13(21)7-6-8-14(12)26(29)30/h6-8,11H,5,9-10H2,1-4H3. The highest BCUT2D eigenvalue weighted by Gasteiger charge is 2.22. The van der Waals surface area contributed by atoms with Crippen molar-refractivity contribution in [3.05, 3.63) is 66.4 Å². The first kappa shape index (κ1) is 22.6. The zero-order chi connectivity index (χ0) is 22.9. The van der Waals surface area contributed by atoms with Crippen LogP contribution in [-0.4, -0.2) is 24.0 Å². The predicted molar refractivity (Wildman–Crippen MR) is 116 cm³/mol. The number of nitro benzene ring substituents is 1. The van der Waals surface area contributed by atoms with Crippen LogP contribution in [0.5, 0.6) is 0 Å². The van der Waals surface area contributed by atoms with Gasteiger partial charge in [-0.1, -0.05) is 26.8 Å². The maximum absolute atomic E-state index is 14.3. The van der Waals surface area contributed by atoms with Crippen LogP contribution in [0.3, 0.4) is 0 Å². The summed E-state index contributed by atoms with van der Waals surface area (Å²) >= 11 is 1.01. The number of fused-ring (bicyclic) bond motifs is 1. The quantitative estimate of drug-likeness (QED) is 0.236. The van der Waals surface area contributed by atoms with Crippen molar-refractivity contribution in [1.29, 1.82) is 0 Å². The Morgan fingerprint density at radius 2 is 1.97 bits per heavy atom. The zero-order valence-corrected chi connectivity index (χ0v) is 18.4. The minimum atomic E-state index is -0.708. The first-order chi connectivity index (χ1) is 14.7. The maximum Gasteiger partial charge on any atom is 0.332 e. The van der Waals surface area contributed by atoms with Gasteiger partial charge in [0.2, 0.25) is 0 Å². The number of benzene rings is 1. The van der Waals surface area contributed by atoms with Crippen molar-refractivity contribution in [2.75, 3.05) is 0 Å². The Kier molecular flexibility index (Phi) is 6.54. The molecule has 2 heterocycles. The van der Waals surface area contributed by atoms with Crippen LogP contribution >= 0.6 is 11.8 Å². The van der Waals surface area contributed by atoms with Gasteiger partial charge in [0.1, 0.15) is 22.1 Å². The molecule has 31 heavy (non-hydrogen) atoms. The van der Waals surface area contributed by atoms with Crippen LogP contribution in [0, 0.1) is 15.9 Å². The van der Waals surface area contributed by atoms with E-state index in [0.717, 1.165) is 22.4 Å². The molecule has 11 heteroatoms. The monoisotopic (exact) mass is 447 g/mol. The largest absolute Gasteiger partial charge is 0.332 e. The first-order valence-electron chi connectivity index (χ1n) is 9.73. The fourth-order valence-electron chi connectivity index (χ4n) is 3.14. The summed E-state index contributed by atoms with van der Waals surface area (Å²) in [4.78, 5) is 45.2. The molecule has 0 saturated heterocycles. The third-order valence-corrected chi connectivity index (χ3v) is 5.78. The number of thioether (sulfide) groups is 1. The third-order valence-electron chi connectivity index (χ3n) is 4.77. The highest BCUT2D eigenvalue weighted by Crippen LogP contribution is 2.32. The van der Waals surface area contributed by atoms with Crippen molar-refractivity contribution >= 4 is 28.5 Å². The van der Waals surface area contributed by atoms with E-state index in [0.29, 0.717) is 18.8 Å². The average molecular weight is 447 g/mol. The van der Waals surface area contributed by atoms with Gasteiger partial charge < -0.3 is 0 Å². The lowest BCUT2D eigenvalue weighted by Gasteiger charge is -2.15. The van der Waals surface area contributed by atoms with Gasteiger partial charge in [0.15, 0.2) is 5.65 Å². The Morgan fingerprint density at radius 1 is 1.26 bits per heavy atom. The Labute approximate surface area is 181 Å². The molecule has 0 unspecified atom stereocenters. The van der Waals surface area contributed by atoms with Gasteiger partial charge in [-0.25, -0.2) is 19.2 Å². The summed E-state index contributed by atoms with van der Waals surface area (Å²) in [5.41, 5.74) is -1.25. The van der Waals surface area contributed by atoms with E-state index in [1.54, 1.807) is 0 Å². The van der Waals surface area contributed by atoms with Gasteiger partial charge in [-0.2, -0.15) is 0 Å². The molecule has 3 rings (SSSR count).